The van der Waals surface area contributed by atoms with Gasteiger partial charge in [0.1, 0.15) is 11.7 Å². The van der Waals surface area contributed by atoms with E-state index in [1.807, 2.05) is 0 Å². The van der Waals surface area contributed by atoms with E-state index in [9.17, 15) is 0 Å². The maximum Gasteiger partial charge on any atom is 0.139 e. The number of nitrogen functional groups attached to an aromatic ring is 1. The lowest BCUT2D eigenvalue weighted by Gasteiger charge is -2.46. The second kappa shape index (κ2) is 4.98. The SMILES string of the molecule is CN1CCN(c2nc3c(cc2C(=N)N)CCC3)CC1(C)C. The molecule has 1 saturated heterocycles. The Morgan fingerprint density at radius 2 is 2.10 bits per heavy atom. The lowest BCUT2D eigenvalue weighted by molar-refractivity contribution is 0.138. The number of nitrogens with zero attached hydrogens (tertiary/aromatic N) is 3. The van der Waals surface area contributed by atoms with Crippen molar-refractivity contribution in [3.8, 4) is 0 Å². The number of rotatable bonds is 2. The van der Waals surface area contributed by atoms with E-state index in [-0.39, 0.29) is 11.4 Å². The summed E-state index contributed by atoms with van der Waals surface area (Å²) in [6.45, 7) is 7.35. The molecular formula is C16H25N5. The van der Waals surface area contributed by atoms with Crippen molar-refractivity contribution < 1.29 is 0 Å². The summed E-state index contributed by atoms with van der Waals surface area (Å²) in [5, 5.41) is 7.90. The van der Waals surface area contributed by atoms with Gasteiger partial charge in [-0.15, -0.1) is 0 Å². The zero-order chi connectivity index (χ0) is 15.2. The molecule has 2 heterocycles. The molecule has 3 rings (SSSR count). The number of nitrogens with two attached hydrogens (primary N) is 1. The Bertz CT molecular complexity index is 578. The Morgan fingerprint density at radius 1 is 1.33 bits per heavy atom. The summed E-state index contributed by atoms with van der Waals surface area (Å²) in [4.78, 5) is 9.56. The number of aryl methyl sites for hydroxylation is 2. The predicted molar refractivity (Wildman–Crippen MR) is 86.2 cm³/mol. The number of nitrogens with one attached hydrogen (secondary N) is 1. The average molecular weight is 287 g/mol. The first-order valence-corrected chi connectivity index (χ1v) is 7.72. The van der Waals surface area contributed by atoms with Gasteiger partial charge in [0.15, 0.2) is 0 Å². The monoisotopic (exact) mass is 287 g/mol. The number of hydrogen-bond acceptors (Lipinski definition) is 4. The summed E-state index contributed by atoms with van der Waals surface area (Å²) in [6.07, 6.45) is 3.28. The molecular weight excluding hydrogens is 262 g/mol. The van der Waals surface area contributed by atoms with Crippen LogP contribution in [-0.2, 0) is 12.8 Å². The van der Waals surface area contributed by atoms with Gasteiger partial charge in [-0.05, 0) is 51.8 Å². The molecule has 1 aromatic rings. The van der Waals surface area contributed by atoms with Gasteiger partial charge in [0.25, 0.3) is 0 Å². The zero-order valence-electron chi connectivity index (χ0n) is 13.2. The van der Waals surface area contributed by atoms with Crippen LogP contribution in [-0.4, -0.2) is 47.9 Å². The standard InChI is InChI=1S/C16H25N5/c1-16(2)10-21(8-7-20(16)3)15-12(14(17)18)9-11-5-4-6-13(11)19-15/h9H,4-8,10H2,1-3H3,(H3,17,18). The van der Waals surface area contributed by atoms with Crippen LogP contribution in [0.4, 0.5) is 5.82 Å². The minimum absolute atomic E-state index is 0.104. The molecule has 0 radical (unpaired) electrons. The van der Waals surface area contributed by atoms with Gasteiger partial charge in [0, 0.05) is 30.9 Å². The van der Waals surface area contributed by atoms with Gasteiger partial charge in [-0.1, -0.05) is 0 Å². The summed E-state index contributed by atoms with van der Waals surface area (Å²) in [6, 6.07) is 2.10. The molecule has 1 aliphatic heterocycles. The fourth-order valence-electron chi connectivity index (χ4n) is 3.32. The number of amidine groups is 1. The third-order valence-corrected chi connectivity index (χ3v) is 4.94. The van der Waals surface area contributed by atoms with E-state index in [1.165, 1.54) is 11.3 Å². The fourth-order valence-corrected chi connectivity index (χ4v) is 3.32. The number of fused-ring (bicyclic) bond motifs is 1. The van der Waals surface area contributed by atoms with Crippen molar-refractivity contribution in [3.63, 3.8) is 0 Å². The summed E-state index contributed by atoms with van der Waals surface area (Å²) in [5.41, 5.74) is 9.20. The molecule has 0 spiro atoms. The van der Waals surface area contributed by atoms with Crippen LogP contribution in [0.25, 0.3) is 0 Å². The third kappa shape index (κ3) is 2.50. The molecule has 0 unspecified atom stereocenters. The second-order valence-electron chi connectivity index (χ2n) is 6.89. The molecule has 2 aliphatic rings. The van der Waals surface area contributed by atoms with Crippen molar-refractivity contribution in [2.75, 3.05) is 31.6 Å². The van der Waals surface area contributed by atoms with E-state index in [2.05, 4.69) is 36.8 Å². The van der Waals surface area contributed by atoms with E-state index in [0.717, 1.165) is 50.3 Å². The van der Waals surface area contributed by atoms with Crippen molar-refractivity contribution >= 4 is 11.7 Å². The van der Waals surface area contributed by atoms with Crippen molar-refractivity contribution in [2.45, 2.75) is 38.6 Å². The van der Waals surface area contributed by atoms with Crippen LogP contribution in [0, 0.1) is 5.41 Å². The van der Waals surface area contributed by atoms with Crippen molar-refractivity contribution in [1.29, 1.82) is 5.41 Å². The van der Waals surface area contributed by atoms with Crippen molar-refractivity contribution in [2.24, 2.45) is 5.73 Å². The van der Waals surface area contributed by atoms with Crippen molar-refractivity contribution in [1.82, 2.24) is 9.88 Å². The number of pyridine rings is 1. The number of anilines is 1. The Hall–Kier alpha value is -1.62. The summed E-state index contributed by atoms with van der Waals surface area (Å²) < 4.78 is 0. The molecule has 5 nitrogen and oxygen atoms in total. The lowest BCUT2D eigenvalue weighted by atomic mass is 9.99. The molecule has 1 aliphatic carbocycles. The van der Waals surface area contributed by atoms with Crippen LogP contribution < -0.4 is 10.6 Å². The first kappa shape index (κ1) is 14.3. The van der Waals surface area contributed by atoms with Gasteiger partial charge in [-0.3, -0.25) is 10.3 Å². The van der Waals surface area contributed by atoms with Gasteiger partial charge < -0.3 is 10.6 Å². The highest BCUT2D eigenvalue weighted by atomic mass is 15.3. The van der Waals surface area contributed by atoms with E-state index in [4.69, 9.17) is 16.1 Å². The minimum atomic E-state index is 0.104. The molecule has 0 saturated carbocycles. The number of piperazine rings is 1. The maximum atomic E-state index is 7.90. The smallest absolute Gasteiger partial charge is 0.139 e. The highest BCUT2D eigenvalue weighted by molar-refractivity contribution is 6.00. The predicted octanol–water partition coefficient (Wildman–Crippen LogP) is 1.38. The number of likely N-dealkylation sites (N-methyl/N-ethyl adjacent to an activating group) is 1. The summed E-state index contributed by atoms with van der Waals surface area (Å²) in [7, 11) is 2.17. The molecule has 3 N–H and O–H groups in total. The Labute approximate surface area is 126 Å². The molecule has 0 aromatic carbocycles. The molecule has 5 heteroatoms. The molecule has 0 atom stereocenters. The molecule has 1 fully saturated rings. The van der Waals surface area contributed by atoms with Crippen LogP contribution >= 0.6 is 0 Å². The fraction of sp³-hybridized carbons (Fsp3) is 0.625. The first-order valence-electron chi connectivity index (χ1n) is 7.72. The van der Waals surface area contributed by atoms with Gasteiger partial charge >= 0.3 is 0 Å². The summed E-state index contributed by atoms with van der Waals surface area (Å²) in [5.74, 6) is 1.04. The third-order valence-electron chi connectivity index (χ3n) is 4.94. The van der Waals surface area contributed by atoms with Crippen LogP contribution in [0.2, 0.25) is 0 Å². The maximum absolute atomic E-state index is 7.90. The quantitative estimate of drug-likeness (QED) is 0.637. The van der Waals surface area contributed by atoms with Crippen LogP contribution in [0.15, 0.2) is 6.07 Å². The summed E-state index contributed by atoms with van der Waals surface area (Å²) >= 11 is 0. The van der Waals surface area contributed by atoms with Gasteiger partial charge in [-0.25, -0.2) is 4.98 Å². The first-order chi connectivity index (χ1) is 9.88. The zero-order valence-corrected chi connectivity index (χ0v) is 13.2. The molecule has 1 aromatic heterocycles. The molecule has 0 amide bonds. The Morgan fingerprint density at radius 3 is 2.76 bits per heavy atom. The highest BCUT2D eigenvalue weighted by Gasteiger charge is 2.33. The molecule has 21 heavy (non-hydrogen) atoms. The van der Waals surface area contributed by atoms with E-state index in [1.54, 1.807) is 0 Å². The molecule has 0 bridgehead atoms. The van der Waals surface area contributed by atoms with Crippen LogP contribution in [0.1, 0.15) is 37.1 Å². The van der Waals surface area contributed by atoms with Crippen LogP contribution in [0.3, 0.4) is 0 Å². The van der Waals surface area contributed by atoms with E-state index < -0.39 is 0 Å². The number of hydrogen-bond donors (Lipinski definition) is 2. The Balaban J connectivity index is 2.00. The lowest BCUT2D eigenvalue weighted by Crippen LogP contribution is -2.58. The van der Waals surface area contributed by atoms with Crippen molar-refractivity contribution in [3.05, 3.63) is 22.9 Å². The molecule has 114 valence electrons. The topological polar surface area (TPSA) is 69.2 Å². The number of aromatic nitrogens is 1. The largest absolute Gasteiger partial charge is 0.384 e. The van der Waals surface area contributed by atoms with Gasteiger partial charge in [-0.2, -0.15) is 0 Å². The second-order valence-corrected chi connectivity index (χ2v) is 6.89. The highest BCUT2D eigenvalue weighted by Crippen LogP contribution is 2.30. The average Bonchev–Trinajstić information content (AvgIpc) is 2.87. The Kier molecular flexibility index (Phi) is 3.40. The van der Waals surface area contributed by atoms with E-state index in [0.29, 0.717) is 0 Å². The minimum Gasteiger partial charge on any atom is -0.384 e. The van der Waals surface area contributed by atoms with Crippen LogP contribution in [0.5, 0.6) is 0 Å². The van der Waals surface area contributed by atoms with Gasteiger partial charge in [0.05, 0.1) is 5.56 Å². The normalized spacial score (nSPS) is 21.4. The van der Waals surface area contributed by atoms with E-state index >= 15 is 0 Å². The van der Waals surface area contributed by atoms with Gasteiger partial charge in [0.2, 0.25) is 0 Å².